The molecule has 4 heteroatoms. The Morgan fingerprint density at radius 3 is 3.09 bits per heavy atom. The van der Waals surface area contributed by atoms with Gasteiger partial charge in [0.15, 0.2) is 6.61 Å². The van der Waals surface area contributed by atoms with Gasteiger partial charge in [0.2, 0.25) is 11.7 Å². The van der Waals surface area contributed by atoms with Crippen LogP contribution < -0.4 is 4.74 Å². The summed E-state index contributed by atoms with van der Waals surface area (Å²) in [6, 6.07) is 3.45. The zero-order valence-corrected chi connectivity index (χ0v) is 6.43. The number of carbonyl (C=O) groups excluding carboxylic acids is 1. The number of nitrogens with zero attached hydrogens (tertiary/aromatic N) is 1. The van der Waals surface area contributed by atoms with Gasteiger partial charge in [-0.25, -0.2) is 4.98 Å². The van der Waals surface area contributed by atoms with Gasteiger partial charge in [0.05, 0.1) is 5.56 Å². The molecule has 58 valence electrons. The van der Waals surface area contributed by atoms with Crippen LogP contribution in [0.3, 0.4) is 0 Å². The molecule has 0 saturated heterocycles. The van der Waals surface area contributed by atoms with Gasteiger partial charge in [0.25, 0.3) is 0 Å². The molecular weight excluding hydrogens is 166 g/mol. The molecule has 1 aliphatic rings. The Morgan fingerprint density at radius 2 is 2.36 bits per heavy atom. The molecule has 0 saturated carbocycles. The van der Waals surface area contributed by atoms with E-state index >= 15 is 0 Å². The van der Waals surface area contributed by atoms with Crippen LogP contribution in [0.5, 0.6) is 5.88 Å². The number of halogens is 1. The van der Waals surface area contributed by atoms with E-state index in [1.807, 2.05) is 0 Å². The molecule has 0 atom stereocenters. The first-order valence-electron chi connectivity index (χ1n) is 2.99. The van der Waals surface area contributed by atoms with E-state index in [9.17, 15) is 4.79 Å². The van der Waals surface area contributed by atoms with Crippen LogP contribution in [-0.4, -0.2) is 17.4 Å². The highest BCUT2D eigenvalue weighted by Gasteiger charge is 2.20. The van der Waals surface area contributed by atoms with Crippen molar-refractivity contribution in [3.8, 4) is 5.88 Å². The number of aromatic nitrogens is 1. The van der Waals surface area contributed by atoms with Crippen molar-refractivity contribution in [3.05, 3.63) is 23.9 Å². The quantitative estimate of drug-likeness (QED) is 0.587. The standard InChI is InChI=1S/C7H5NO2.ClH/c9-6-4-10-7-5(6)2-1-3-8-7;/h1-3H,4H2;1H. The second-order valence-corrected chi connectivity index (χ2v) is 2.07. The summed E-state index contributed by atoms with van der Waals surface area (Å²) >= 11 is 0. The van der Waals surface area contributed by atoms with Crippen LogP contribution in [0.4, 0.5) is 0 Å². The van der Waals surface area contributed by atoms with E-state index in [-0.39, 0.29) is 24.8 Å². The average molecular weight is 172 g/mol. The zero-order chi connectivity index (χ0) is 6.97. The predicted octanol–water partition coefficient (Wildman–Crippen LogP) is 1.08. The Kier molecular flexibility index (Phi) is 2.10. The Hall–Kier alpha value is -1.09. The number of hydrogen-bond donors (Lipinski definition) is 0. The summed E-state index contributed by atoms with van der Waals surface area (Å²) in [6.45, 7) is 0.145. The van der Waals surface area contributed by atoms with Crippen LogP contribution >= 0.6 is 12.4 Å². The summed E-state index contributed by atoms with van der Waals surface area (Å²) < 4.78 is 4.95. The largest absolute Gasteiger partial charge is 0.469 e. The van der Waals surface area contributed by atoms with Crippen molar-refractivity contribution >= 4 is 18.2 Å². The minimum absolute atomic E-state index is 0. The number of carbonyl (C=O) groups is 1. The summed E-state index contributed by atoms with van der Waals surface area (Å²) in [5, 5.41) is 0. The van der Waals surface area contributed by atoms with Crippen molar-refractivity contribution in [2.45, 2.75) is 0 Å². The fourth-order valence-corrected chi connectivity index (χ4v) is 0.930. The lowest BCUT2D eigenvalue weighted by Crippen LogP contribution is -1.98. The third kappa shape index (κ3) is 1.19. The molecule has 1 aromatic rings. The first-order valence-corrected chi connectivity index (χ1v) is 2.99. The lowest BCUT2D eigenvalue weighted by molar-refractivity contribution is 0.0960. The maximum absolute atomic E-state index is 10.9. The van der Waals surface area contributed by atoms with Gasteiger partial charge in [0.1, 0.15) is 0 Å². The summed E-state index contributed by atoms with van der Waals surface area (Å²) in [6.07, 6.45) is 1.61. The second-order valence-electron chi connectivity index (χ2n) is 2.07. The summed E-state index contributed by atoms with van der Waals surface area (Å²) in [5.74, 6) is 0.482. The first kappa shape index (κ1) is 8.01. The minimum Gasteiger partial charge on any atom is -0.469 e. The summed E-state index contributed by atoms with van der Waals surface area (Å²) in [7, 11) is 0. The lowest BCUT2D eigenvalue weighted by Gasteiger charge is -1.90. The number of fused-ring (bicyclic) bond motifs is 1. The molecule has 0 spiro atoms. The molecular formula is C7H6ClNO2. The van der Waals surface area contributed by atoms with E-state index in [0.29, 0.717) is 11.4 Å². The van der Waals surface area contributed by atoms with E-state index in [4.69, 9.17) is 4.74 Å². The number of ether oxygens (including phenoxy) is 1. The van der Waals surface area contributed by atoms with Gasteiger partial charge < -0.3 is 4.74 Å². The Morgan fingerprint density at radius 1 is 1.55 bits per heavy atom. The molecule has 0 fully saturated rings. The van der Waals surface area contributed by atoms with Crippen LogP contribution in [0.25, 0.3) is 0 Å². The van der Waals surface area contributed by atoms with Gasteiger partial charge in [-0.05, 0) is 12.1 Å². The highest BCUT2D eigenvalue weighted by atomic mass is 35.5. The number of Topliss-reactive ketones (excluding diaryl/α,β-unsaturated/α-hetero) is 1. The zero-order valence-electron chi connectivity index (χ0n) is 5.61. The highest BCUT2D eigenvalue weighted by Crippen LogP contribution is 2.20. The third-order valence-corrected chi connectivity index (χ3v) is 1.41. The van der Waals surface area contributed by atoms with Gasteiger partial charge in [-0.2, -0.15) is 0 Å². The van der Waals surface area contributed by atoms with Crippen molar-refractivity contribution in [1.29, 1.82) is 0 Å². The van der Waals surface area contributed by atoms with Crippen LogP contribution in [-0.2, 0) is 0 Å². The van der Waals surface area contributed by atoms with E-state index in [2.05, 4.69) is 4.98 Å². The second kappa shape index (κ2) is 2.88. The Bertz CT molecular complexity index is 288. The van der Waals surface area contributed by atoms with Crippen molar-refractivity contribution < 1.29 is 9.53 Å². The molecule has 1 aliphatic heterocycles. The smallest absolute Gasteiger partial charge is 0.224 e. The molecule has 2 heterocycles. The SMILES string of the molecule is Cl.O=C1COc2ncccc21. The fourth-order valence-electron chi connectivity index (χ4n) is 0.930. The number of rotatable bonds is 0. The molecule has 1 aromatic heterocycles. The van der Waals surface area contributed by atoms with Crippen LogP contribution in [0.2, 0.25) is 0 Å². The van der Waals surface area contributed by atoms with Crippen molar-refractivity contribution in [2.24, 2.45) is 0 Å². The first-order chi connectivity index (χ1) is 4.88. The fraction of sp³-hybridized carbons (Fsp3) is 0.143. The van der Waals surface area contributed by atoms with Gasteiger partial charge in [-0.15, -0.1) is 12.4 Å². The van der Waals surface area contributed by atoms with Crippen molar-refractivity contribution in [3.63, 3.8) is 0 Å². The van der Waals surface area contributed by atoms with Crippen LogP contribution in [0, 0.1) is 0 Å². The Labute approximate surface area is 69.8 Å². The third-order valence-electron chi connectivity index (χ3n) is 1.41. The molecule has 0 unspecified atom stereocenters. The summed E-state index contributed by atoms with van der Waals surface area (Å²) in [4.78, 5) is 14.8. The van der Waals surface area contributed by atoms with Gasteiger partial charge in [0, 0.05) is 6.20 Å². The molecule has 2 rings (SSSR count). The van der Waals surface area contributed by atoms with Gasteiger partial charge in [-0.3, -0.25) is 4.79 Å². The molecule has 0 amide bonds. The molecule has 0 aromatic carbocycles. The Balaban J connectivity index is 0.000000605. The van der Waals surface area contributed by atoms with Crippen LogP contribution in [0.15, 0.2) is 18.3 Å². The molecule has 0 N–H and O–H groups in total. The average Bonchev–Trinajstić information content (AvgIpc) is 2.34. The molecule has 0 radical (unpaired) electrons. The van der Waals surface area contributed by atoms with E-state index in [0.717, 1.165) is 0 Å². The normalized spacial score (nSPS) is 13.3. The maximum Gasteiger partial charge on any atom is 0.224 e. The van der Waals surface area contributed by atoms with Crippen LogP contribution in [0.1, 0.15) is 10.4 Å². The number of ketones is 1. The monoisotopic (exact) mass is 171 g/mol. The lowest BCUT2D eigenvalue weighted by atomic mass is 10.2. The maximum atomic E-state index is 10.9. The number of hydrogen-bond acceptors (Lipinski definition) is 3. The van der Waals surface area contributed by atoms with Gasteiger partial charge >= 0.3 is 0 Å². The topological polar surface area (TPSA) is 39.2 Å². The molecule has 0 bridgehead atoms. The van der Waals surface area contributed by atoms with E-state index in [1.54, 1.807) is 18.3 Å². The molecule has 0 aliphatic carbocycles. The van der Waals surface area contributed by atoms with Gasteiger partial charge in [-0.1, -0.05) is 0 Å². The van der Waals surface area contributed by atoms with E-state index < -0.39 is 0 Å². The summed E-state index contributed by atoms with van der Waals surface area (Å²) in [5.41, 5.74) is 0.600. The van der Waals surface area contributed by atoms with Crippen molar-refractivity contribution in [2.75, 3.05) is 6.61 Å². The predicted molar refractivity (Wildman–Crippen MR) is 41.3 cm³/mol. The van der Waals surface area contributed by atoms with E-state index in [1.165, 1.54) is 0 Å². The number of pyridine rings is 1. The molecule has 3 nitrogen and oxygen atoms in total. The highest BCUT2D eigenvalue weighted by molar-refractivity contribution is 6.01. The minimum atomic E-state index is 0. The van der Waals surface area contributed by atoms with Crippen molar-refractivity contribution in [1.82, 2.24) is 4.98 Å². The molecule has 11 heavy (non-hydrogen) atoms.